The van der Waals surface area contributed by atoms with Gasteiger partial charge in [-0.25, -0.2) is 4.79 Å². The molecule has 2 N–H and O–H groups in total. The molecule has 7 nitrogen and oxygen atoms in total. The first-order valence-electron chi connectivity index (χ1n) is 8.11. The Balaban J connectivity index is 1.84. The summed E-state index contributed by atoms with van der Waals surface area (Å²) in [6.07, 6.45) is 1.30. The summed E-state index contributed by atoms with van der Waals surface area (Å²) < 4.78 is 0. The molecule has 1 aromatic heterocycles. The van der Waals surface area contributed by atoms with Gasteiger partial charge in [-0.3, -0.25) is 14.5 Å². The maximum absolute atomic E-state index is 12.2. The first-order valence-corrected chi connectivity index (χ1v) is 8.99. The first-order chi connectivity index (χ1) is 11.6. The highest BCUT2D eigenvalue weighted by Gasteiger charge is 2.35. The maximum atomic E-state index is 12.2. The second-order valence-electron chi connectivity index (χ2n) is 5.59. The van der Waals surface area contributed by atoms with Gasteiger partial charge in [-0.15, -0.1) is 11.3 Å². The van der Waals surface area contributed by atoms with E-state index in [0.717, 1.165) is 4.90 Å². The first kappa shape index (κ1) is 18.4. The molecule has 0 saturated carbocycles. The van der Waals surface area contributed by atoms with Crippen LogP contribution < -0.4 is 5.32 Å². The van der Waals surface area contributed by atoms with Crippen LogP contribution in [-0.4, -0.2) is 65.5 Å². The second kappa shape index (κ2) is 8.79. The fraction of sp³-hybridized carbons (Fsp3) is 0.562. The summed E-state index contributed by atoms with van der Waals surface area (Å²) in [4.78, 5) is 39.5. The average molecular weight is 353 g/mol. The molecule has 1 aromatic rings. The molecule has 8 heteroatoms. The molecule has 0 spiro atoms. The summed E-state index contributed by atoms with van der Waals surface area (Å²) in [6.45, 7) is 3.32. The van der Waals surface area contributed by atoms with E-state index in [1.807, 2.05) is 17.5 Å². The highest BCUT2D eigenvalue weighted by atomic mass is 32.1. The van der Waals surface area contributed by atoms with Crippen molar-refractivity contribution < 1.29 is 19.5 Å². The number of urea groups is 1. The van der Waals surface area contributed by atoms with E-state index in [2.05, 4.69) is 5.32 Å². The lowest BCUT2D eigenvalue weighted by molar-refractivity contribution is -0.153. The molecule has 24 heavy (non-hydrogen) atoms. The summed E-state index contributed by atoms with van der Waals surface area (Å²) in [5.41, 5.74) is 0. The molecular weight excluding hydrogens is 330 g/mol. The summed E-state index contributed by atoms with van der Waals surface area (Å²) in [6, 6.07) is 3.44. The monoisotopic (exact) mass is 353 g/mol. The van der Waals surface area contributed by atoms with Crippen LogP contribution in [0.25, 0.3) is 0 Å². The Labute approximate surface area is 145 Å². The fourth-order valence-electron chi connectivity index (χ4n) is 2.73. The van der Waals surface area contributed by atoms with Crippen molar-refractivity contribution in [2.24, 2.45) is 0 Å². The molecule has 1 saturated heterocycles. The molecule has 0 aromatic carbocycles. The van der Waals surface area contributed by atoms with Crippen LogP contribution in [0.4, 0.5) is 4.79 Å². The van der Waals surface area contributed by atoms with Gasteiger partial charge in [-0.1, -0.05) is 6.07 Å². The molecule has 0 bridgehead atoms. The fourth-order valence-corrected chi connectivity index (χ4v) is 3.63. The predicted molar refractivity (Wildman–Crippen MR) is 90.7 cm³/mol. The van der Waals surface area contributed by atoms with Crippen LogP contribution in [-0.2, 0) is 9.59 Å². The molecule has 1 atom stereocenters. The number of carbonyl (C=O) groups excluding carboxylic acids is 3. The number of hydrogen-bond donors (Lipinski definition) is 2. The van der Waals surface area contributed by atoms with Crippen molar-refractivity contribution in [3.05, 3.63) is 22.4 Å². The summed E-state index contributed by atoms with van der Waals surface area (Å²) in [7, 11) is 0. The lowest BCUT2D eigenvalue weighted by Crippen LogP contribution is -2.58. The van der Waals surface area contributed by atoms with Gasteiger partial charge >= 0.3 is 17.8 Å². The van der Waals surface area contributed by atoms with Gasteiger partial charge in [0.1, 0.15) is 0 Å². The van der Waals surface area contributed by atoms with E-state index in [1.54, 1.807) is 18.3 Å². The minimum absolute atomic E-state index is 0.0858. The van der Waals surface area contributed by atoms with Gasteiger partial charge in [0.15, 0.2) is 0 Å². The van der Waals surface area contributed by atoms with Crippen LogP contribution in [0, 0.1) is 0 Å². The number of aliphatic hydroxyl groups excluding tert-OH is 1. The van der Waals surface area contributed by atoms with Crippen LogP contribution in [0.3, 0.4) is 0 Å². The number of likely N-dealkylation sites (N-methyl/N-ethyl adjacent to an activating group) is 1. The number of hydrogen-bond acceptors (Lipinski definition) is 5. The lowest BCUT2D eigenvalue weighted by Gasteiger charge is -2.31. The van der Waals surface area contributed by atoms with E-state index in [0.29, 0.717) is 32.5 Å². The van der Waals surface area contributed by atoms with Gasteiger partial charge in [0.2, 0.25) is 0 Å². The third-order valence-corrected chi connectivity index (χ3v) is 5.16. The van der Waals surface area contributed by atoms with Crippen molar-refractivity contribution in [3.63, 3.8) is 0 Å². The molecule has 0 radical (unpaired) electrons. The molecule has 1 unspecified atom stereocenters. The summed E-state index contributed by atoms with van der Waals surface area (Å²) in [5, 5.41) is 13.9. The normalized spacial score (nSPS) is 16.4. The van der Waals surface area contributed by atoms with Crippen molar-refractivity contribution in [1.82, 2.24) is 15.1 Å². The number of nitrogens with one attached hydrogen (secondary N) is 1. The van der Waals surface area contributed by atoms with Crippen LogP contribution in [0.2, 0.25) is 0 Å². The highest BCUT2D eigenvalue weighted by Crippen LogP contribution is 2.26. The Kier molecular flexibility index (Phi) is 6.74. The van der Waals surface area contributed by atoms with Crippen molar-refractivity contribution in [2.45, 2.75) is 25.7 Å². The Morgan fingerprint density at radius 1 is 1.33 bits per heavy atom. The molecule has 1 aliphatic heterocycles. The third-order valence-electron chi connectivity index (χ3n) is 4.13. The van der Waals surface area contributed by atoms with E-state index in [9.17, 15) is 19.5 Å². The molecule has 0 aliphatic carbocycles. The number of amides is 4. The molecule has 4 amide bonds. The Bertz CT molecular complexity index is 576. The van der Waals surface area contributed by atoms with Crippen molar-refractivity contribution in [2.75, 3.05) is 32.8 Å². The lowest BCUT2D eigenvalue weighted by atomic mass is 10.00. The van der Waals surface area contributed by atoms with Gasteiger partial charge in [-0.2, -0.15) is 0 Å². The van der Waals surface area contributed by atoms with E-state index in [1.165, 1.54) is 9.78 Å². The summed E-state index contributed by atoms with van der Waals surface area (Å²) >= 11 is 1.62. The number of carbonyl (C=O) groups is 3. The van der Waals surface area contributed by atoms with Crippen molar-refractivity contribution in [3.8, 4) is 0 Å². The molecule has 1 aliphatic rings. The topological polar surface area (TPSA) is 89.9 Å². The standard InChI is InChI=1S/C16H23N3O4S/c1-2-18-8-9-19(15(22)14(18)21)16(23)17-7-5-12(6-10-20)13-4-3-11-24-13/h3-4,11-12,20H,2,5-10H2,1H3,(H,17,23). The molecule has 2 rings (SSSR count). The van der Waals surface area contributed by atoms with Gasteiger partial charge < -0.3 is 15.3 Å². The van der Waals surface area contributed by atoms with E-state index in [-0.39, 0.29) is 19.1 Å². The average Bonchev–Trinajstić information content (AvgIpc) is 3.10. The van der Waals surface area contributed by atoms with Crippen LogP contribution >= 0.6 is 11.3 Å². The zero-order chi connectivity index (χ0) is 17.5. The highest BCUT2D eigenvalue weighted by molar-refractivity contribution is 7.10. The zero-order valence-electron chi connectivity index (χ0n) is 13.7. The van der Waals surface area contributed by atoms with Crippen molar-refractivity contribution in [1.29, 1.82) is 0 Å². The van der Waals surface area contributed by atoms with E-state index < -0.39 is 17.8 Å². The maximum Gasteiger partial charge on any atom is 0.324 e. The second-order valence-corrected chi connectivity index (χ2v) is 6.57. The van der Waals surface area contributed by atoms with Gasteiger partial charge in [-0.05, 0) is 37.1 Å². The Morgan fingerprint density at radius 3 is 2.75 bits per heavy atom. The summed E-state index contributed by atoms with van der Waals surface area (Å²) in [5.74, 6) is -1.23. The Hall–Kier alpha value is -1.93. The largest absolute Gasteiger partial charge is 0.396 e. The molecule has 1 fully saturated rings. The predicted octanol–water partition coefficient (Wildman–Crippen LogP) is 1.00. The minimum Gasteiger partial charge on any atom is -0.396 e. The van der Waals surface area contributed by atoms with Gasteiger partial charge in [0, 0.05) is 37.7 Å². The number of imide groups is 1. The van der Waals surface area contributed by atoms with E-state index >= 15 is 0 Å². The SMILES string of the molecule is CCN1CCN(C(=O)NCCC(CCO)c2cccs2)C(=O)C1=O. The van der Waals surface area contributed by atoms with Crippen LogP contribution in [0.5, 0.6) is 0 Å². The molecular formula is C16H23N3O4S. The van der Waals surface area contributed by atoms with Gasteiger partial charge in [0.05, 0.1) is 0 Å². The minimum atomic E-state index is -0.772. The van der Waals surface area contributed by atoms with E-state index in [4.69, 9.17) is 0 Å². The van der Waals surface area contributed by atoms with Gasteiger partial charge in [0.25, 0.3) is 0 Å². The number of aliphatic hydroxyl groups is 1. The molecule has 2 heterocycles. The number of piperazine rings is 1. The van der Waals surface area contributed by atoms with Crippen LogP contribution in [0.1, 0.15) is 30.6 Å². The third kappa shape index (κ3) is 4.33. The quantitative estimate of drug-likeness (QED) is 0.716. The number of nitrogens with zero attached hydrogens (tertiary/aromatic N) is 2. The smallest absolute Gasteiger partial charge is 0.324 e. The zero-order valence-corrected chi connectivity index (χ0v) is 14.6. The Morgan fingerprint density at radius 2 is 2.12 bits per heavy atom. The van der Waals surface area contributed by atoms with Crippen molar-refractivity contribution >= 4 is 29.2 Å². The van der Waals surface area contributed by atoms with Crippen LogP contribution in [0.15, 0.2) is 17.5 Å². The number of thiophene rings is 1. The number of rotatable bonds is 7. The molecule has 132 valence electrons.